The SMILES string of the molecule is NC(=O)COc1ccc(CNC2CCCCCC2)cc1. The topological polar surface area (TPSA) is 64.4 Å². The van der Waals surface area contributed by atoms with Gasteiger partial charge in [0.2, 0.25) is 0 Å². The van der Waals surface area contributed by atoms with Crippen LogP contribution in [0.2, 0.25) is 0 Å². The van der Waals surface area contributed by atoms with E-state index >= 15 is 0 Å². The fourth-order valence-corrected chi connectivity index (χ4v) is 2.60. The number of nitrogens with two attached hydrogens (primary N) is 1. The maximum Gasteiger partial charge on any atom is 0.255 e. The second kappa shape index (κ2) is 7.90. The van der Waals surface area contributed by atoms with Crippen molar-refractivity contribution in [3.05, 3.63) is 29.8 Å². The molecule has 0 saturated heterocycles. The number of amides is 1. The van der Waals surface area contributed by atoms with E-state index in [9.17, 15) is 4.79 Å². The van der Waals surface area contributed by atoms with Gasteiger partial charge >= 0.3 is 0 Å². The van der Waals surface area contributed by atoms with Crippen LogP contribution in [0.25, 0.3) is 0 Å². The van der Waals surface area contributed by atoms with Crippen molar-refractivity contribution >= 4 is 5.91 Å². The molecule has 2 rings (SSSR count). The Morgan fingerprint density at radius 1 is 1.15 bits per heavy atom. The molecule has 1 aliphatic rings. The van der Waals surface area contributed by atoms with Crippen molar-refractivity contribution < 1.29 is 9.53 Å². The summed E-state index contributed by atoms with van der Waals surface area (Å²) in [7, 11) is 0. The molecular formula is C16H24N2O2. The number of benzene rings is 1. The molecule has 1 saturated carbocycles. The maximum absolute atomic E-state index is 10.6. The molecule has 0 heterocycles. The number of ether oxygens (including phenoxy) is 1. The Morgan fingerprint density at radius 2 is 1.80 bits per heavy atom. The van der Waals surface area contributed by atoms with Gasteiger partial charge in [0.15, 0.2) is 6.61 Å². The fourth-order valence-electron chi connectivity index (χ4n) is 2.60. The number of nitrogens with one attached hydrogen (secondary N) is 1. The van der Waals surface area contributed by atoms with E-state index in [-0.39, 0.29) is 6.61 Å². The standard InChI is InChI=1S/C16H24N2O2/c17-16(19)12-20-15-9-7-13(8-10-15)11-18-14-5-3-1-2-4-6-14/h7-10,14,18H,1-6,11-12H2,(H2,17,19). The van der Waals surface area contributed by atoms with E-state index < -0.39 is 5.91 Å². The smallest absolute Gasteiger partial charge is 0.255 e. The van der Waals surface area contributed by atoms with Crippen molar-refractivity contribution in [3.63, 3.8) is 0 Å². The lowest BCUT2D eigenvalue weighted by Gasteiger charge is -2.16. The van der Waals surface area contributed by atoms with Gasteiger partial charge in [-0.1, -0.05) is 37.8 Å². The molecule has 1 aromatic carbocycles. The van der Waals surface area contributed by atoms with Gasteiger partial charge < -0.3 is 15.8 Å². The van der Waals surface area contributed by atoms with Gasteiger partial charge in [-0.15, -0.1) is 0 Å². The van der Waals surface area contributed by atoms with Gasteiger partial charge in [-0.3, -0.25) is 4.79 Å². The number of hydrogen-bond acceptors (Lipinski definition) is 3. The van der Waals surface area contributed by atoms with Gasteiger partial charge in [0.25, 0.3) is 5.91 Å². The highest BCUT2D eigenvalue weighted by Crippen LogP contribution is 2.18. The van der Waals surface area contributed by atoms with Crippen molar-refractivity contribution in [1.82, 2.24) is 5.32 Å². The number of primary amides is 1. The van der Waals surface area contributed by atoms with Crippen LogP contribution in [0.3, 0.4) is 0 Å². The van der Waals surface area contributed by atoms with E-state index in [4.69, 9.17) is 10.5 Å². The predicted octanol–water partition coefficient (Wildman–Crippen LogP) is 2.36. The summed E-state index contributed by atoms with van der Waals surface area (Å²) in [5.74, 6) is 0.228. The second-order valence-electron chi connectivity index (χ2n) is 5.47. The lowest BCUT2D eigenvalue weighted by atomic mass is 10.1. The minimum Gasteiger partial charge on any atom is -0.484 e. The molecule has 0 aromatic heterocycles. The molecule has 1 amide bonds. The highest BCUT2D eigenvalue weighted by atomic mass is 16.5. The average Bonchev–Trinajstić information content (AvgIpc) is 2.72. The Hall–Kier alpha value is -1.55. The molecule has 3 N–H and O–H groups in total. The Balaban J connectivity index is 1.76. The zero-order valence-corrected chi connectivity index (χ0v) is 11.9. The molecule has 1 aromatic rings. The first-order valence-corrected chi connectivity index (χ1v) is 7.47. The third-order valence-electron chi connectivity index (χ3n) is 3.75. The molecule has 4 heteroatoms. The van der Waals surface area contributed by atoms with Gasteiger partial charge in [0.05, 0.1) is 0 Å². The molecule has 0 aliphatic heterocycles. The summed E-state index contributed by atoms with van der Waals surface area (Å²) in [6.07, 6.45) is 8.03. The summed E-state index contributed by atoms with van der Waals surface area (Å²) in [5, 5.41) is 3.63. The molecule has 1 aliphatic carbocycles. The van der Waals surface area contributed by atoms with Crippen LogP contribution in [0.5, 0.6) is 5.75 Å². The van der Waals surface area contributed by atoms with Crippen molar-refractivity contribution in [2.75, 3.05) is 6.61 Å². The summed E-state index contributed by atoms with van der Waals surface area (Å²) in [6.45, 7) is 0.820. The van der Waals surface area contributed by atoms with Crippen molar-refractivity contribution in [2.24, 2.45) is 5.73 Å². The molecule has 0 bridgehead atoms. The third-order valence-corrected chi connectivity index (χ3v) is 3.75. The van der Waals surface area contributed by atoms with E-state index in [0.29, 0.717) is 11.8 Å². The van der Waals surface area contributed by atoms with Gasteiger partial charge in [-0.2, -0.15) is 0 Å². The minimum atomic E-state index is -0.455. The minimum absolute atomic E-state index is 0.0698. The number of carbonyl (C=O) groups is 1. The van der Waals surface area contributed by atoms with Crippen molar-refractivity contribution in [2.45, 2.75) is 51.1 Å². The number of rotatable bonds is 6. The first-order valence-electron chi connectivity index (χ1n) is 7.47. The average molecular weight is 276 g/mol. The van der Waals surface area contributed by atoms with Gasteiger partial charge in [0, 0.05) is 12.6 Å². The van der Waals surface area contributed by atoms with E-state index in [1.165, 1.54) is 44.1 Å². The Bertz CT molecular complexity index is 409. The monoisotopic (exact) mass is 276 g/mol. The van der Waals surface area contributed by atoms with Crippen LogP contribution < -0.4 is 15.8 Å². The van der Waals surface area contributed by atoms with Gasteiger partial charge in [-0.05, 0) is 30.5 Å². The Kier molecular flexibility index (Phi) is 5.87. The summed E-state index contributed by atoms with van der Waals surface area (Å²) in [6, 6.07) is 8.48. The molecule has 0 atom stereocenters. The molecule has 110 valence electrons. The van der Waals surface area contributed by atoms with Crippen molar-refractivity contribution in [3.8, 4) is 5.75 Å². The Morgan fingerprint density at radius 3 is 2.40 bits per heavy atom. The van der Waals surface area contributed by atoms with E-state index in [2.05, 4.69) is 5.32 Å². The summed E-state index contributed by atoms with van der Waals surface area (Å²) < 4.78 is 5.24. The summed E-state index contributed by atoms with van der Waals surface area (Å²) in [5.41, 5.74) is 6.28. The van der Waals surface area contributed by atoms with Crippen LogP contribution in [0.15, 0.2) is 24.3 Å². The number of carbonyl (C=O) groups excluding carboxylic acids is 1. The predicted molar refractivity (Wildman–Crippen MR) is 79.5 cm³/mol. The molecule has 0 unspecified atom stereocenters. The fraction of sp³-hybridized carbons (Fsp3) is 0.562. The van der Waals surface area contributed by atoms with Crippen LogP contribution in [0.4, 0.5) is 0 Å². The van der Waals surface area contributed by atoms with E-state index in [0.717, 1.165) is 6.54 Å². The van der Waals surface area contributed by atoms with E-state index in [1.807, 2.05) is 24.3 Å². The van der Waals surface area contributed by atoms with Gasteiger partial charge in [0.1, 0.15) is 5.75 Å². The van der Waals surface area contributed by atoms with Crippen LogP contribution >= 0.6 is 0 Å². The first kappa shape index (κ1) is 14.9. The first-order chi connectivity index (χ1) is 9.74. The largest absolute Gasteiger partial charge is 0.484 e. The maximum atomic E-state index is 10.6. The molecule has 1 fully saturated rings. The van der Waals surface area contributed by atoms with Crippen LogP contribution in [0, 0.1) is 0 Å². The summed E-state index contributed by atoms with van der Waals surface area (Å²) in [4.78, 5) is 10.6. The third kappa shape index (κ3) is 5.21. The highest BCUT2D eigenvalue weighted by molar-refractivity contribution is 5.75. The lowest BCUT2D eigenvalue weighted by Crippen LogP contribution is -2.27. The summed E-state index contributed by atoms with van der Waals surface area (Å²) >= 11 is 0. The number of hydrogen-bond donors (Lipinski definition) is 2. The molecule has 20 heavy (non-hydrogen) atoms. The van der Waals surface area contributed by atoms with Gasteiger partial charge in [-0.25, -0.2) is 0 Å². The molecule has 0 radical (unpaired) electrons. The molecule has 0 spiro atoms. The Labute approximate surface area is 120 Å². The highest BCUT2D eigenvalue weighted by Gasteiger charge is 2.11. The van der Waals surface area contributed by atoms with Crippen LogP contribution in [-0.2, 0) is 11.3 Å². The zero-order valence-electron chi connectivity index (χ0n) is 11.9. The van der Waals surface area contributed by atoms with E-state index in [1.54, 1.807) is 0 Å². The zero-order chi connectivity index (χ0) is 14.2. The van der Waals surface area contributed by atoms with Crippen molar-refractivity contribution in [1.29, 1.82) is 0 Å². The van der Waals surface area contributed by atoms with Crippen LogP contribution in [0.1, 0.15) is 44.1 Å². The quantitative estimate of drug-likeness (QED) is 0.784. The molecular weight excluding hydrogens is 252 g/mol. The normalized spacial score (nSPS) is 16.6. The lowest BCUT2D eigenvalue weighted by molar-refractivity contribution is -0.119. The van der Waals surface area contributed by atoms with Crippen LogP contribution in [-0.4, -0.2) is 18.6 Å². The second-order valence-corrected chi connectivity index (χ2v) is 5.47. The molecule has 4 nitrogen and oxygen atoms in total.